The van der Waals surface area contributed by atoms with Crippen LogP contribution >= 0.6 is 0 Å². The monoisotopic (exact) mass is 626 g/mol. The maximum atomic E-state index is 6.37. The summed E-state index contributed by atoms with van der Waals surface area (Å²) in [6, 6.07) is 52.3. The first-order valence-corrected chi connectivity index (χ1v) is 16.3. The summed E-state index contributed by atoms with van der Waals surface area (Å²) in [5.74, 6) is 1.92. The van der Waals surface area contributed by atoms with Crippen molar-refractivity contribution in [2.24, 2.45) is 0 Å². The van der Waals surface area contributed by atoms with E-state index in [0.717, 1.165) is 76.8 Å². The molecule has 0 aliphatic carbocycles. The normalized spacial score (nSPS) is 11.7. The van der Waals surface area contributed by atoms with E-state index in [0.29, 0.717) is 17.5 Å². The lowest BCUT2D eigenvalue weighted by Gasteiger charge is -2.12. The highest BCUT2D eigenvalue weighted by Crippen LogP contribution is 2.41. The Morgan fingerprint density at radius 3 is 1.92 bits per heavy atom. The average Bonchev–Trinajstić information content (AvgIpc) is 3.54. The number of hydrogen-bond acceptors (Lipinski definition) is 5. The van der Waals surface area contributed by atoms with Crippen LogP contribution in [0.15, 0.2) is 162 Å². The zero-order valence-corrected chi connectivity index (χ0v) is 26.2. The molecule has 0 bridgehead atoms. The van der Waals surface area contributed by atoms with Gasteiger partial charge in [0, 0.05) is 45.1 Å². The van der Waals surface area contributed by atoms with E-state index in [2.05, 4.69) is 108 Å². The summed E-state index contributed by atoms with van der Waals surface area (Å²) in [5.41, 5.74) is 7.71. The van der Waals surface area contributed by atoms with Crippen LogP contribution in [0.25, 0.3) is 99.7 Å². The number of rotatable bonds is 4. The van der Waals surface area contributed by atoms with E-state index in [1.54, 1.807) is 0 Å². The molecule has 0 amide bonds. The van der Waals surface area contributed by atoms with Gasteiger partial charge in [-0.15, -0.1) is 0 Å². The summed E-state index contributed by atoms with van der Waals surface area (Å²) in [4.78, 5) is 19.5. The third-order valence-corrected chi connectivity index (χ3v) is 9.32. The lowest BCUT2D eigenvalue weighted by Crippen LogP contribution is -2.00. The van der Waals surface area contributed by atoms with Crippen LogP contribution in [0.4, 0.5) is 0 Å². The largest absolute Gasteiger partial charge is 0.456 e. The molecule has 7 aromatic carbocycles. The highest BCUT2D eigenvalue weighted by molar-refractivity contribution is 6.17. The molecule has 0 saturated heterocycles. The van der Waals surface area contributed by atoms with Gasteiger partial charge in [-0.25, -0.2) is 15.0 Å². The standard InChI is InChI=1S/C44H26N4O/c1-2-10-28(11-3-1)42-46-43(32-19-18-27-9-4-5-12-29(27)23-32)48-44(47-42)33-20-21-34-30(24-33)13-6-15-35(34)36-16-7-17-39-41(36)37-25-31-14-8-22-45-38(31)26-40(37)49-39/h1-26H. The predicted molar refractivity (Wildman–Crippen MR) is 199 cm³/mol. The molecule has 0 saturated carbocycles. The van der Waals surface area contributed by atoms with Gasteiger partial charge in [0.15, 0.2) is 17.5 Å². The molecule has 49 heavy (non-hydrogen) atoms. The average molecular weight is 627 g/mol. The number of aromatic nitrogens is 4. The second-order valence-electron chi connectivity index (χ2n) is 12.3. The van der Waals surface area contributed by atoms with Crippen LogP contribution in [-0.4, -0.2) is 19.9 Å². The number of hydrogen-bond donors (Lipinski definition) is 0. The van der Waals surface area contributed by atoms with Gasteiger partial charge in [-0.1, -0.05) is 115 Å². The van der Waals surface area contributed by atoms with Crippen LogP contribution in [-0.2, 0) is 0 Å². The number of benzene rings is 7. The SMILES string of the molecule is c1ccc(-c2nc(-c3ccc4ccccc4c3)nc(-c3ccc4c(-c5cccc6oc7cc8ncccc8cc7c56)cccc4c3)n2)cc1. The second kappa shape index (κ2) is 10.9. The Labute approximate surface area is 281 Å². The van der Waals surface area contributed by atoms with Gasteiger partial charge in [0.1, 0.15) is 11.2 Å². The smallest absolute Gasteiger partial charge is 0.164 e. The summed E-state index contributed by atoms with van der Waals surface area (Å²) >= 11 is 0. The molecule has 0 aliphatic rings. The van der Waals surface area contributed by atoms with E-state index in [9.17, 15) is 0 Å². The Kier molecular flexibility index (Phi) is 6.11. The number of nitrogens with zero attached hydrogens (tertiary/aromatic N) is 4. The maximum Gasteiger partial charge on any atom is 0.164 e. The van der Waals surface area contributed by atoms with E-state index in [-0.39, 0.29) is 0 Å². The van der Waals surface area contributed by atoms with Crippen molar-refractivity contribution in [2.45, 2.75) is 0 Å². The zero-order valence-electron chi connectivity index (χ0n) is 26.2. The van der Waals surface area contributed by atoms with Crippen LogP contribution < -0.4 is 0 Å². The first-order chi connectivity index (χ1) is 24.2. The van der Waals surface area contributed by atoms with Gasteiger partial charge in [0.2, 0.25) is 0 Å². The highest BCUT2D eigenvalue weighted by Gasteiger charge is 2.17. The van der Waals surface area contributed by atoms with Crippen molar-refractivity contribution >= 4 is 54.4 Å². The van der Waals surface area contributed by atoms with Crippen LogP contribution in [0, 0.1) is 0 Å². The van der Waals surface area contributed by atoms with Gasteiger partial charge in [0.25, 0.3) is 0 Å². The first-order valence-electron chi connectivity index (χ1n) is 16.3. The van der Waals surface area contributed by atoms with Crippen molar-refractivity contribution in [1.82, 2.24) is 19.9 Å². The van der Waals surface area contributed by atoms with Crippen molar-refractivity contribution in [1.29, 1.82) is 0 Å². The molecule has 0 spiro atoms. The molecule has 228 valence electrons. The molecule has 3 aromatic heterocycles. The third-order valence-electron chi connectivity index (χ3n) is 9.32. The third kappa shape index (κ3) is 4.63. The molecule has 3 heterocycles. The zero-order chi connectivity index (χ0) is 32.3. The van der Waals surface area contributed by atoms with Gasteiger partial charge in [-0.2, -0.15) is 0 Å². The summed E-state index contributed by atoms with van der Waals surface area (Å²) in [5, 5.41) is 7.84. The van der Waals surface area contributed by atoms with Crippen molar-refractivity contribution in [3.63, 3.8) is 0 Å². The topological polar surface area (TPSA) is 64.7 Å². The lowest BCUT2D eigenvalue weighted by molar-refractivity contribution is 0.669. The molecule has 0 unspecified atom stereocenters. The van der Waals surface area contributed by atoms with E-state index >= 15 is 0 Å². The highest BCUT2D eigenvalue weighted by atomic mass is 16.3. The van der Waals surface area contributed by atoms with Gasteiger partial charge in [0.05, 0.1) is 5.52 Å². The molecular weight excluding hydrogens is 601 g/mol. The maximum absolute atomic E-state index is 6.37. The summed E-state index contributed by atoms with van der Waals surface area (Å²) in [6.07, 6.45) is 1.82. The Hall–Kier alpha value is -6.72. The number of pyridine rings is 1. The summed E-state index contributed by atoms with van der Waals surface area (Å²) in [7, 11) is 0. The minimum absolute atomic E-state index is 0.632. The number of fused-ring (bicyclic) bond motifs is 6. The Balaban J connectivity index is 1.14. The van der Waals surface area contributed by atoms with Gasteiger partial charge in [-0.3, -0.25) is 4.98 Å². The van der Waals surface area contributed by atoms with Gasteiger partial charge in [-0.05, 0) is 63.0 Å². The first kappa shape index (κ1) is 27.4. The predicted octanol–water partition coefficient (Wildman–Crippen LogP) is 11.3. The van der Waals surface area contributed by atoms with Gasteiger partial charge < -0.3 is 4.42 Å². The molecule has 10 aromatic rings. The quantitative estimate of drug-likeness (QED) is 0.194. The molecule has 5 nitrogen and oxygen atoms in total. The van der Waals surface area contributed by atoms with Crippen LogP contribution in [0.2, 0.25) is 0 Å². The Morgan fingerprint density at radius 2 is 1.06 bits per heavy atom. The Bertz CT molecular complexity index is 2890. The Morgan fingerprint density at radius 1 is 0.388 bits per heavy atom. The van der Waals surface area contributed by atoms with Gasteiger partial charge >= 0.3 is 0 Å². The van der Waals surface area contributed by atoms with Crippen LogP contribution in [0.5, 0.6) is 0 Å². The fourth-order valence-corrected chi connectivity index (χ4v) is 6.95. The summed E-state index contributed by atoms with van der Waals surface area (Å²) < 4.78 is 6.37. The van der Waals surface area contributed by atoms with Crippen molar-refractivity contribution < 1.29 is 4.42 Å². The molecular formula is C44H26N4O. The van der Waals surface area contributed by atoms with Crippen LogP contribution in [0.1, 0.15) is 0 Å². The fraction of sp³-hybridized carbons (Fsp3) is 0. The van der Waals surface area contributed by atoms with E-state index < -0.39 is 0 Å². The van der Waals surface area contributed by atoms with Crippen molar-refractivity contribution in [3.8, 4) is 45.3 Å². The fourth-order valence-electron chi connectivity index (χ4n) is 6.95. The molecule has 0 radical (unpaired) electrons. The molecule has 0 atom stereocenters. The second-order valence-corrected chi connectivity index (χ2v) is 12.3. The van der Waals surface area contributed by atoms with E-state index in [4.69, 9.17) is 19.4 Å². The molecule has 0 N–H and O–H groups in total. The molecule has 10 rings (SSSR count). The van der Waals surface area contributed by atoms with Crippen molar-refractivity contribution in [2.75, 3.05) is 0 Å². The summed E-state index contributed by atoms with van der Waals surface area (Å²) in [6.45, 7) is 0. The minimum Gasteiger partial charge on any atom is -0.456 e. The minimum atomic E-state index is 0.632. The van der Waals surface area contributed by atoms with Crippen molar-refractivity contribution in [3.05, 3.63) is 158 Å². The molecule has 0 aliphatic heterocycles. The van der Waals surface area contributed by atoms with E-state index in [1.165, 1.54) is 5.39 Å². The molecule has 5 heteroatoms. The molecule has 0 fully saturated rings. The van der Waals surface area contributed by atoms with Crippen LogP contribution in [0.3, 0.4) is 0 Å². The lowest BCUT2D eigenvalue weighted by atomic mass is 9.93. The van der Waals surface area contributed by atoms with E-state index in [1.807, 2.05) is 54.7 Å². The number of furan rings is 1.